The number of benzene rings is 1. The van der Waals surface area contributed by atoms with E-state index in [0.717, 1.165) is 0 Å². The van der Waals surface area contributed by atoms with Crippen LogP contribution in [0.4, 0.5) is 0 Å². The molecule has 0 fully saturated rings. The Morgan fingerprint density at radius 2 is 1.68 bits per heavy atom. The lowest BCUT2D eigenvalue weighted by atomic mass is 10.1. The van der Waals surface area contributed by atoms with Gasteiger partial charge < -0.3 is 10.6 Å². The molecule has 1 aromatic carbocycles. The van der Waals surface area contributed by atoms with E-state index in [1.165, 1.54) is 0 Å². The van der Waals surface area contributed by atoms with Crippen molar-refractivity contribution in [2.24, 2.45) is 5.73 Å². The highest BCUT2D eigenvalue weighted by Crippen LogP contribution is 2.10. The zero-order chi connectivity index (χ0) is 13.7. The summed E-state index contributed by atoms with van der Waals surface area (Å²) in [4.78, 5) is 25.2. The van der Waals surface area contributed by atoms with Crippen LogP contribution in [0.15, 0.2) is 24.3 Å². The molecule has 0 aliphatic carbocycles. The van der Waals surface area contributed by atoms with Crippen LogP contribution < -0.4 is 5.73 Å². The summed E-state index contributed by atoms with van der Waals surface area (Å²) in [6.07, 6.45) is 0.470. The number of carbonyl (C=O) groups is 2. The smallest absolute Gasteiger partial charge is 0.253 e. The second-order valence-corrected chi connectivity index (χ2v) is 4.35. The maximum absolute atomic E-state index is 12.1. The summed E-state index contributed by atoms with van der Waals surface area (Å²) < 4.78 is 0. The molecular weight excluding hydrogens is 264 g/mol. The maximum atomic E-state index is 12.1. The van der Waals surface area contributed by atoms with Gasteiger partial charge >= 0.3 is 0 Å². The van der Waals surface area contributed by atoms with E-state index in [-0.39, 0.29) is 30.1 Å². The molecule has 0 aliphatic heterocycles. The van der Waals surface area contributed by atoms with Gasteiger partial charge in [0.05, 0.1) is 0 Å². The largest absolute Gasteiger partial charge is 0.338 e. The third kappa shape index (κ3) is 4.33. The van der Waals surface area contributed by atoms with E-state index in [2.05, 4.69) is 0 Å². The van der Waals surface area contributed by atoms with Gasteiger partial charge in [0.15, 0.2) is 5.78 Å². The van der Waals surface area contributed by atoms with Gasteiger partial charge in [-0.2, -0.15) is 0 Å². The molecule has 1 atom stereocenters. The van der Waals surface area contributed by atoms with E-state index in [1.54, 1.807) is 36.2 Å². The summed E-state index contributed by atoms with van der Waals surface area (Å²) in [5.41, 5.74) is 6.75. The standard InChI is InChI=1S/C14H20N2O2.ClH/c1-4-13(17)11-5-7-12(8-6-11)14(18)16(3)10(2)9-15;/h5-8,10H,4,9,15H2,1-3H3;1H. The van der Waals surface area contributed by atoms with Crippen molar-refractivity contribution in [2.45, 2.75) is 26.3 Å². The van der Waals surface area contributed by atoms with Gasteiger partial charge in [-0.25, -0.2) is 0 Å². The molecule has 19 heavy (non-hydrogen) atoms. The number of likely N-dealkylation sites (N-methyl/N-ethyl adjacent to an activating group) is 1. The number of hydrogen-bond acceptors (Lipinski definition) is 3. The predicted octanol–water partition coefficient (Wildman–Crippen LogP) is 2.12. The molecule has 0 aliphatic rings. The molecule has 0 heterocycles. The van der Waals surface area contributed by atoms with Gasteiger partial charge in [-0.3, -0.25) is 9.59 Å². The lowest BCUT2D eigenvalue weighted by molar-refractivity contribution is 0.0748. The Morgan fingerprint density at radius 3 is 2.11 bits per heavy atom. The first-order valence-electron chi connectivity index (χ1n) is 6.11. The summed E-state index contributed by atoms with van der Waals surface area (Å²) >= 11 is 0. The number of amides is 1. The number of ketones is 1. The van der Waals surface area contributed by atoms with Crippen molar-refractivity contribution in [1.82, 2.24) is 4.90 Å². The fraction of sp³-hybridized carbons (Fsp3) is 0.429. The highest BCUT2D eigenvalue weighted by molar-refractivity contribution is 5.98. The van der Waals surface area contributed by atoms with Crippen LogP contribution >= 0.6 is 12.4 Å². The van der Waals surface area contributed by atoms with Crippen molar-refractivity contribution in [1.29, 1.82) is 0 Å². The Balaban J connectivity index is 0.00000324. The van der Waals surface area contributed by atoms with Crippen molar-refractivity contribution in [2.75, 3.05) is 13.6 Å². The lowest BCUT2D eigenvalue weighted by Gasteiger charge is -2.23. The first kappa shape index (κ1) is 17.6. The molecule has 0 aromatic heterocycles. The lowest BCUT2D eigenvalue weighted by Crippen LogP contribution is -2.39. The number of halogens is 1. The molecule has 1 rings (SSSR count). The fourth-order valence-corrected chi connectivity index (χ4v) is 1.56. The fourth-order valence-electron chi connectivity index (χ4n) is 1.56. The van der Waals surface area contributed by atoms with Crippen LogP contribution in [0.5, 0.6) is 0 Å². The molecule has 2 N–H and O–H groups in total. The molecule has 0 saturated heterocycles. The van der Waals surface area contributed by atoms with Crippen molar-refractivity contribution in [3.63, 3.8) is 0 Å². The molecular formula is C14H21ClN2O2. The molecule has 0 saturated carbocycles. The average Bonchev–Trinajstić information content (AvgIpc) is 2.44. The van der Waals surface area contributed by atoms with Crippen LogP contribution in [0.3, 0.4) is 0 Å². The van der Waals surface area contributed by atoms with Gasteiger partial charge in [-0.1, -0.05) is 19.1 Å². The minimum atomic E-state index is -0.0801. The molecule has 0 bridgehead atoms. The minimum Gasteiger partial charge on any atom is -0.338 e. The molecule has 0 spiro atoms. The molecule has 106 valence electrons. The Bertz CT molecular complexity index is 432. The highest BCUT2D eigenvalue weighted by atomic mass is 35.5. The second-order valence-electron chi connectivity index (χ2n) is 4.35. The zero-order valence-electron chi connectivity index (χ0n) is 11.6. The van der Waals surface area contributed by atoms with Gasteiger partial charge in [0.2, 0.25) is 0 Å². The Kier molecular flexibility index (Phi) is 7.34. The van der Waals surface area contributed by atoms with Gasteiger partial charge in [0, 0.05) is 37.2 Å². The van der Waals surface area contributed by atoms with Crippen molar-refractivity contribution in [3.05, 3.63) is 35.4 Å². The van der Waals surface area contributed by atoms with Crippen LogP contribution in [-0.4, -0.2) is 36.2 Å². The minimum absolute atomic E-state index is 0. The molecule has 1 unspecified atom stereocenters. The van der Waals surface area contributed by atoms with Crippen LogP contribution in [-0.2, 0) is 0 Å². The predicted molar refractivity (Wildman–Crippen MR) is 78.9 cm³/mol. The summed E-state index contributed by atoms with van der Waals surface area (Å²) in [7, 11) is 1.73. The van der Waals surface area contributed by atoms with Gasteiger partial charge in [0.1, 0.15) is 0 Å². The van der Waals surface area contributed by atoms with Gasteiger partial charge in [-0.05, 0) is 19.1 Å². The van der Waals surface area contributed by atoms with E-state index in [0.29, 0.717) is 24.1 Å². The summed E-state index contributed by atoms with van der Waals surface area (Å²) in [6, 6.07) is 6.75. The normalized spacial score (nSPS) is 11.4. The highest BCUT2D eigenvalue weighted by Gasteiger charge is 2.16. The van der Waals surface area contributed by atoms with Crippen LogP contribution in [0.2, 0.25) is 0 Å². The molecule has 0 radical (unpaired) electrons. The summed E-state index contributed by atoms with van der Waals surface area (Å²) in [5.74, 6) is 0.00104. The average molecular weight is 285 g/mol. The summed E-state index contributed by atoms with van der Waals surface area (Å²) in [6.45, 7) is 4.14. The molecule has 5 heteroatoms. The monoisotopic (exact) mass is 284 g/mol. The van der Waals surface area contributed by atoms with Gasteiger partial charge in [-0.15, -0.1) is 12.4 Å². The van der Waals surface area contributed by atoms with E-state index in [9.17, 15) is 9.59 Å². The molecule has 1 amide bonds. The topological polar surface area (TPSA) is 63.4 Å². The molecule has 1 aromatic rings. The number of Topliss-reactive ketones (excluding diaryl/α,β-unsaturated/α-hetero) is 1. The van der Waals surface area contributed by atoms with Crippen molar-refractivity contribution >= 4 is 24.1 Å². The van der Waals surface area contributed by atoms with E-state index in [1.807, 2.05) is 13.8 Å². The Hall–Kier alpha value is -1.39. The maximum Gasteiger partial charge on any atom is 0.253 e. The third-order valence-corrected chi connectivity index (χ3v) is 3.10. The number of hydrogen-bond donors (Lipinski definition) is 1. The van der Waals surface area contributed by atoms with Gasteiger partial charge in [0.25, 0.3) is 5.91 Å². The third-order valence-electron chi connectivity index (χ3n) is 3.10. The SMILES string of the molecule is CCC(=O)c1ccc(C(=O)N(C)C(C)CN)cc1.Cl. The van der Waals surface area contributed by atoms with Crippen molar-refractivity contribution < 1.29 is 9.59 Å². The Morgan fingerprint density at radius 1 is 1.21 bits per heavy atom. The van der Waals surface area contributed by atoms with Crippen LogP contribution in [0, 0.1) is 0 Å². The molecule has 4 nitrogen and oxygen atoms in total. The van der Waals surface area contributed by atoms with Crippen molar-refractivity contribution in [3.8, 4) is 0 Å². The van der Waals surface area contributed by atoms with E-state index >= 15 is 0 Å². The Labute approximate surface area is 120 Å². The second kappa shape index (κ2) is 7.92. The van der Waals surface area contributed by atoms with Crippen LogP contribution in [0.25, 0.3) is 0 Å². The van der Waals surface area contributed by atoms with E-state index in [4.69, 9.17) is 5.73 Å². The summed E-state index contributed by atoms with van der Waals surface area (Å²) in [5, 5.41) is 0. The number of carbonyl (C=O) groups excluding carboxylic acids is 2. The van der Waals surface area contributed by atoms with E-state index < -0.39 is 0 Å². The number of nitrogens with zero attached hydrogens (tertiary/aromatic N) is 1. The quantitative estimate of drug-likeness (QED) is 0.843. The first-order valence-corrected chi connectivity index (χ1v) is 6.11. The van der Waals surface area contributed by atoms with Crippen LogP contribution in [0.1, 0.15) is 41.0 Å². The first-order chi connectivity index (χ1) is 8.51. The zero-order valence-corrected chi connectivity index (χ0v) is 12.4. The number of rotatable bonds is 5. The number of nitrogens with two attached hydrogens (primary N) is 1.